The maximum atomic E-state index is 4.27. The summed E-state index contributed by atoms with van der Waals surface area (Å²) in [6.07, 6.45) is 0. The molecule has 0 saturated heterocycles. The summed E-state index contributed by atoms with van der Waals surface area (Å²) in [6, 6.07) is 2.20. The van der Waals surface area contributed by atoms with Crippen LogP contribution in [0.2, 0.25) is 0 Å². The minimum atomic E-state index is 0.0701. The van der Waals surface area contributed by atoms with Gasteiger partial charge in [0.2, 0.25) is 0 Å². The quantitative estimate of drug-likeness (QED) is 0.650. The predicted molar refractivity (Wildman–Crippen MR) is 64.2 cm³/mol. The molecule has 1 heterocycles. The molecular weight excluding hydrogens is 184 g/mol. The highest BCUT2D eigenvalue weighted by Crippen LogP contribution is 2.28. The smallest absolute Gasteiger partial charge is 0.0687 e. The van der Waals surface area contributed by atoms with Crippen molar-refractivity contribution in [1.29, 1.82) is 0 Å². The fourth-order valence-electron chi connectivity index (χ4n) is 1.58. The van der Waals surface area contributed by atoms with E-state index >= 15 is 0 Å². The average Bonchev–Trinajstić information content (AvgIpc) is 2.00. The van der Waals surface area contributed by atoms with E-state index in [4.69, 9.17) is 0 Å². The Labute approximate surface area is 93.1 Å². The van der Waals surface area contributed by atoms with Crippen LogP contribution in [0.4, 0.5) is 0 Å². The summed E-state index contributed by atoms with van der Waals surface area (Å²) in [5.74, 6) is 0. The minimum Gasteiger partial charge on any atom is -0.155 e. The second-order valence-electron chi connectivity index (χ2n) is 6.23. The molecule has 0 spiro atoms. The van der Waals surface area contributed by atoms with Crippen molar-refractivity contribution in [2.45, 2.75) is 59.3 Å². The summed E-state index contributed by atoms with van der Waals surface area (Å²) in [4.78, 5) is 0. The van der Waals surface area contributed by atoms with Gasteiger partial charge in [0.15, 0.2) is 0 Å². The van der Waals surface area contributed by atoms with Gasteiger partial charge in [-0.15, -0.1) is 0 Å². The van der Waals surface area contributed by atoms with Crippen molar-refractivity contribution in [3.05, 3.63) is 23.0 Å². The molecule has 84 valence electrons. The van der Waals surface area contributed by atoms with Crippen LogP contribution in [0.25, 0.3) is 0 Å². The Morgan fingerprint density at radius 1 is 0.867 bits per heavy atom. The summed E-state index contributed by atoms with van der Waals surface area (Å²) in [5, 5.41) is 8.54. The van der Waals surface area contributed by atoms with Crippen LogP contribution in [0.3, 0.4) is 0 Å². The van der Waals surface area contributed by atoms with Crippen LogP contribution in [0.5, 0.6) is 0 Å². The lowest BCUT2D eigenvalue weighted by Gasteiger charge is -2.24. The van der Waals surface area contributed by atoms with E-state index in [0.717, 1.165) is 11.4 Å². The van der Waals surface area contributed by atoms with Crippen LogP contribution in [0.15, 0.2) is 6.07 Å². The Hall–Kier alpha value is -0.920. The van der Waals surface area contributed by atoms with Crippen molar-refractivity contribution in [1.82, 2.24) is 10.2 Å². The molecule has 0 unspecified atom stereocenters. The lowest BCUT2D eigenvalue weighted by molar-refractivity contribution is 0.535. The average molecular weight is 206 g/mol. The van der Waals surface area contributed by atoms with Crippen LogP contribution in [0.1, 0.15) is 58.5 Å². The molecule has 0 saturated carbocycles. The summed E-state index contributed by atoms with van der Waals surface area (Å²) in [7, 11) is 0. The number of hydrogen-bond donors (Lipinski definition) is 0. The lowest BCUT2D eigenvalue weighted by Crippen LogP contribution is -2.20. The molecule has 0 radical (unpaired) electrons. The first-order valence-corrected chi connectivity index (χ1v) is 5.47. The van der Waals surface area contributed by atoms with Crippen molar-refractivity contribution >= 4 is 0 Å². The zero-order valence-corrected chi connectivity index (χ0v) is 11.0. The summed E-state index contributed by atoms with van der Waals surface area (Å²) in [5.41, 5.74) is 3.61. The van der Waals surface area contributed by atoms with E-state index in [9.17, 15) is 0 Å². The van der Waals surface area contributed by atoms with Gasteiger partial charge >= 0.3 is 0 Å². The van der Waals surface area contributed by atoms with Crippen LogP contribution in [0, 0.1) is 6.92 Å². The molecule has 2 nitrogen and oxygen atoms in total. The van der Waals surface area contributed by atoms with Crippen molar-refractivity contribution < 1.29 is 0 Å². The van der Waals surface area contributed by atoms with Gasteiger partial charge in [-0.25, -0.2) is 0 Å². The molecule has 0 aliphatic heterocycles. The van der Waals surface area contributed by atoms with Gasteiger partial charge < -0.3 is 0 Å². The van der Waals surface area contributed by atoms with Crippen LogP contribution >= 0.6 is 0 Å². The van der Waals surface area contributed by atoms with Crippen molar-refractivity contribution in [3.8, 4) is 0 Å². The second-order valence-corrected chi connectivity index (χ2v) is 6.23. The maximum Gasteiger partial charge on any atom is 0.0687 e. The largest absolute Gasteiger partial charge is 0.155 e. The normalized spacial score (nSPS) is 13.0. The molecule has 1 aromatic heterocycles. The molecule has 0 aliphatic carbocycles. The molecular formula is C13H22N2. The third-order valence-electron chi connectivity index (χ3n) is 2.56. The first kappa shape index (κ1) is 12.2. The van der Waals surface area contributed by atoms with Gasteiger partial charge in [0.25, 0.3) is 0 Å². The van der Waals surface area contributed by atoms with Crippen molar-refractivity contribution in [2.24, 2.45) is 0 Å². The molecule has 15 heavy (non-hydrogen) atoms. The predicted octanol–water partition coefficient (Wildman–Crippen LogP) is 3.38. The van der Waals surface area contributed by atoms with E-state index in [1.807, 2.05) is 6.92 Å². The van der Waals surface area contributed by atoms with Crippen LogP contribution in [-0.2, 0) is 10.8 Å². The third-order valence-corrected chi connectivity index (χ3v) is 2.56. The fourth-order valence-corrected chi connectivity index (χ4v) is 1.58. The Morgan fingerprint density at radius 2 is 1.40 bits per heavy atom. The van der Waals surface area contributed by atoms with E-state index < -0.39 is 0 Å². The van der Waals surface area contributed by atoms with Crippen LogP contribution < -0.4 is 0 Å². The highest BCUT2D eigenvalue weighted by Gasteiger charge is 2.22. The van der Waals surface area contributed by atoms with E-state index in [2.05, 4.69) is 57.8 Å². The highest BCUT2D eigenvalue weighted by molar-refractivity contribution is 5.29. The Morgan fingerprint density at radius 3 is 1.80 bits per heavy atom. The fraction of sp³-hybridized carbons (Fsp3) is 0.692. The Kier molecular flexibility index (Phi) is 2.90. The standard InChI is InChI=1S/C13H22N2/c1-9-10(12(2,3)4)8-11(15-14-9)13(5,6)7/h8H,1-7H3. The number of aryl methyl sites for hydroxylation is 1. The zero-order chi connectivity index (χ0) is 11.9. The molecule has 1 aromatic rings. The monoisotopic (exact) mass is 206 g/mol. The van der Waals surface area contributed by atoms with E-state index in [0.29, 0.717) is 0 Å². The summed E-state index contributed by atoms with van der Waals surface area (Å²) in [6.45, 7) is 15.2. The van der Waals surface area contributed by atoms with E-state index in [-0.39, 0.29) is 10.8 Å². The van der Waals surface area contributed by atoms with Gasteiger partial charge in [0.1, 0.15) is 0 Å². The third kappa shape index (κ3) is 2.77. The summed E-state index contributed by atoms with van der Waals surface area (Å²) < 4.78 is 0. The van der Waals surface area contributed by atoms with Crippen LogP contribution in [-0.4, -0.2) is 10.2 Å². The maximum absolute atomic E-state index is 4.27. The van der Waals surface area contributed by atoms with Gasteiger partial charge in [-0.2, -0.15) is 10.2 Å². The van der Waals surface area contributed by atoms with Gasteiger partial charge in [0.05, 0.1) is 11.4 Å². The number of hydrogen-bond acceptors (Lipinski definition) is 2. The Balaban J connectivity index is 3.30. The minimum absolute atomic E-state index is 0.0701. The van der Waals surface area contributed by atoms with Crippen molar-refractivity contribution in [3.63, 3.8) is 0 Å². The lowest BCUT2D eigenvalue weighted by atomic mass is 9.83. The number of rotatable bonds is 0. The molecule has 0 aromatic carbocycles. The molecule has 0 aliphatic rings. The summed E-state index contributed by atoms with van der Waals surface area (Å²) >= 11 is 0. The van der Waals surface area contributed by atoms with Gasteiger partial charge in [0, 0.05) is 5.41 Å². The van der Waals surface area contributed by atoms with Gasteiger partial charge in [-0.1, -0.05) is 41.5 Å². The van der Waals surface area contributed by atoms with Gasteiger partial charge in [-0.3, -0.25) is 0 Å². The first-order valence-electron chi connectivity index (χ1n) is 5.47. The van der Waals surface area contributed by atoms with E-state index in [1.54, 1.807) is 0 Å². The van der Waals surface area contributed by atoms with Crippen molar-refractivity contribution in [2.75, 3.05) is 0 Å². The highest BCUT2D eigenvalue weighted by atomic mass is 15.1. The molecule has 0 atom stereocenters. The zero-order valence-electron chi connectivity index (χ0n) is 11.0. The molecule has 0 fully saturated rings. The molecule has 0 N–H and O–H groups in total. The Bertz CT molecular complexity index is 354. The SMILES string of the molecule is Cc1nnc(C(C)(C)C)cc1C(C)(C)C. The molecule has 2 heteroatoms. The first-order chi connectivity index (χ1) is 6.62. The molecule has 0 amide bonds. The number of aromatic nitrogens is 2. The molecule has 1 rings (SSSR count). The second kappa shape index (κ2) is 3.58. The van der Waals surface area contributed by atoms with Gasteiger partial charge in [-0.05, 0) is 24.0 Å². The topological polar surface area (TPSA) is 25.8 Å². The van der Waals surface area contributed by atoms with E-state index in [1.165, 1.54) is 5.56 Å². The number of nitrogens with zero attached hydrogens (tertiary/aromatic N) is 2. The molecule has 0 bridgehead atoms.